The van der Waals surface area contributed by atoms with Crippen molar-refractivity contribution in [2.75, 3.05) is 13.1 Å². The third-order valence-corrected chi connectivity index (χ3v) is 6.32. The summed E-state index contributed by atoms with van der Waals surface area (Å²) in [4.78, 5) is 13.0. The molecule has 0 spiro atoms. The first-order valence-corrected chi connectivity index (χ1v) is 11.1. The second kappa shape index (κ2) is 9.11. The van der Waals surface area contributed by atoms with Gasteiger partial charge < -0.3 is 18.8 Å². The molecule has 0 aliphatic carbocycles. The van der Waals surface area contributed by atoms with E-state index in [9.17, 15) is 9.18 Å². The number of likely N-dealkylation sites (tertiary alicyclic amines) is 1. The number of carbonyl (C=O) groups is 1. The molecule has 2 aromatic heterocycles. The predicted molar refractivity (Wildman–Crippen MR) is 122 cm³/mol. The van der Waals surface area contributed by atoms with Crippen molar-refractivity contribution < 1.29 is 23.4 Å². The largest absolute Gasteiger partial charge is 0.513 e. The van der Waals surface area contributed by atoms with Gasteiger partial charge >= 0.3 is 6.16 Å². The summed E-state index contributed by atoms with van der Waals surface area (Å²) in [6.07, 6.45) is 2.94. The van der Waals surface area contributed by atoms with Crippen molar-refractivity contribution in [1.29, 1.82) is 0 Å². The van der Waals surface area contributed by atoms with Crippen LogP contribution in [-0.2, 0) is 13.1 Å². The van der Waals surface area contributed by atoms with Crippen LogP contribution >= 0.6 is 0 Å². The molecule has 0 unspecified atom stereocenters. The SMILES string of the molecule is O=C(O)Oc1ccc(CN2CCC(c3cn(Cc4ccc(F)cc4)c4ccccc34)CC2)o1. The lowest BCUT2D eigenvalue weighted by atomic mass is 9.89. The van der Waals surface area contributed by atoms with E-state index in [1.807, 2.05) is 12.1 Å². The fraction of sp³-hybridized carbons (Fsp3) is 0.269. The fourth-order valence-electron chi connectivity index (χ4n) is 4.72. The lowest BCUT2D eigenvalue weighted by Crippen LogP contribution is -2.32. The molecule has 0 bridgehead atoms. The van der Waals surface area contributed by atoms with E-state index < -0.39 is 6.16 Å². The number of aromatic nitrogens is 1. The number of fused-ring (bicyclic) bond motifs is 1. The number of piperidine rings is 1. The first-order valence-electron chi connectivity index (χ1n) is 11.1. The number of carboxylic acid groups (broad SMARTS) is 1. The Bertz CT molecular complexity index is 1250. The summed E-state index contributed by atoms with van der Waals surface area (Å²) in [6.45, 7) is 3.19. The van der Waals surface area contributed by atoms with Crippen molar-refractivity contribution in [3.8, 4) is 5.95 Å². The quantitative estimate of drug-likeness (QED) is 0.374. The highest BCUT2D eigenvalue weighted by Crippen LogP contribution is 2.35. The summed E-state index contributed by atoms with van der Waals surface area (Å²) in [5, 5.41) is 9.97. The van der Waals surface area contributed by atoms with E-state index in [1.54, 1.807) is 6.07 Å². The molecule has 0 atom stereocenters. The molecule has 5 rings (SSSR count). The third-order valence-electron chi connectivity index (χ3n) is 6.32. The number of rotatable bonds is 6. The number of furan rings is 1. The zero-order valence-corrected chi connectivity index (χ0v) is 18.1. The van der Waals surface area contributed by atoms with Crippen LogP contribution in [-0.4, -0.2) is 33.8 Å². The molecule has 4 aromatic rings. The molecule has 0 saturated carbocycles. The summed E-state index contributed by atoms with van der Waals surface area (Å²) in [7, 11) is 0. The average Bonchev–Trinajstić information content (AvgIpc) is 3.40. The highest BCUT2D eigenvalue weighted by molar-refractivity contribution is 5.84. The number of halogens is 1. The minimum Gasteiger partial charge on any atom is -0.449 e. The van der Waals surface area contributed by atoms with Crippen molar-refractivity contribution in [3.05, 3.63) is 89.6 Å². The van der Waals surface area contributed by atoms with Crippen LogP contribution in [0.2, 0.25) is 0 Å². The lowest BCUT2D eigenvalue weighted by Gasteiger charge is -2.31. The molecule has 3 heterocycles. The zero-order chi connectivity index (χ0) is 22.8. The number of hydrogen-bond acceptors (Lipinski definition) is 4. The summed E-state index contributed by atoms with van der Waals surface area (Å²) in [5.74, 6) is 0.939. The van der Waals surface area contributed by atoms with Gasteiger partial charge in [0.2, 0.25) is 0 Å². The van der Waals surface area contributed by atoms with E-state index in [4.69, 9.17) is 9.52 Å². The van der Waals surface area contributed by atoms with Crippen molar-refractivity contribution in [1.82, 2.24) is 9.47 Å². The van der Waals surface area contributed by atoms with Gasteiger partial charge in [0.05, 0.1) is 6.54 Å². The molecule has 1 aliphatic heterocycles. The van der Waals surface area contributed by atoms with E-state index in [0.29, 0.717) is 24.8 Å². The molecule has 1 fully saturated rings. The van der Waals surface area contributed by atoms with Crippen molar-refractivity contribution >= 4 is 17.1 Å². The topological polar surface area (TPSA) is 67.8 Å². The molecule has 0 radical (unpaired) electrons. The number of nitrogens with zero attached hydrogens (tertiary/aromatic N) is 2. The normalized spacial score (nSPS) is 15.2. The van der Waals surface area contributed by atoms with Gasteiger partial charge in [-0.15, -0.1) is 0 Å². The molecule has 33 heavy (non-hydrogen) atoms. The molecular formula is C26H25FN2O4. The third kappa shape index (κ3) is 4.78. The van der Waals surface area contributed by atoms with Gasteiger partial charge in [-0.25, -0.2) is 9.18 Å². The summed E-state index contributed by atoms with van der Waals surface area (Å²) < 4.78 is 25.6. The molecule has 0 amide bonds. The molecule has 170 valence electrons. The maximum atomic E-state index is 13.3. The molecule has 1 aliphatic rings. The fourth-order valence-corrected chi connectivity index (χ4v) is 4.72. The van der Waals surface area contributed by atoms with E-state index in [0.717, 1.165) is 31.5 Å². The standard InChI is InChI=1S/C26H25FN2O4/c27-20-7-5-18(6-8-20)15-29-17-23(22-3-1-2-4-24(22)29)19-11-13-28(14-12-19)16-21-9-10-25(32-21)33-26(30)31/h1-10,17,19H,11-16H2,(H,30,31). The lowest BCUT2D eigenvalue weighted by molar-refractivity contribution is 0.129. The van der Waals surface area contributed by atoms with Gasteiger partial charge in [-0.05, 0) is 67.2 Å². The predicted octanol–water partition coefficient (Wildman–Crippen LogP) is 5.86. The van der Waals surface area contributed by atoms with Crippen molar-refractivity contribution in [2.45, 2.75) is 31.8 Å². The second-order valence-corrected chi connectivity index (χ2v) is 8.50. The van der Waals surface area contributed by atoms with Gasteiger partial charge in [-0.3, -0.25) is 4.90 Å². The van der Waals surface area contributed by atoms with Gasteiger partial charge in [-0.1, -0.05) is 30.3 Å². The number of hydrogen-bond donors (Lipinski definition) is 1. The Kier molecular flexibility index (Phi) is 5.88. The molecular weight excluding hydrogens is 423 g/mol. The highest BCUT2D eigenvalue weighted by Gasteiger charge is 2.24. The molecule has 6 nitrogen and oxygen atoms in total. The molecule has 1 saturated heterocycles. The Balaban J connectivity index is 1.28. The van der Waals surface area contributed by atoms with E-state index in [2.05, 4.69) is 44.7 Å². The van der Waals surface area contributed by atoms with Crippen LogP contribution in [0.1, 0.15) is 35.6 Å². The van der Waals surface area contributed by atoms with Crippen LogP contribution in [0.25, 0.3) is 10.9 Å². The average molecular weight is 448 g/mol. The minimum atomic E-state index is -1.38. The maximum absolute atomic E-state index is 13.3. The molecule has 7 heteroatoms. The number of ether oxygens (including phenoxy) is 1. The highest BCUT2D eigenvalue weighted by atomic mass is 19.1. The van der Waals surface area contributed by atoms with Crippen molar-refractivity contribution in [2.24, 2.45) is 0 Å². The number of para-hydroxylation sites is 1. The van der Waals surface area contributed by atoms with Crippen LogP contribution in [0, 0.1) is 5.82 Å². The van der Waals surface area contributed by atoms with E-state index >= 15 is 0 Å². The van der Waals surface area contributed by atoms with Gasteiger partial charge in [-0.2, -0.15) is 0 Å². The summed E-state index contributed by atoms with van der Waals surface area (Å²) in [5.41, 5.74) is 3.63. The minimum absolute atomic E-state index is 0.00125. The van der Waals surface area contributed by atoms with E-state index in [1.165, 1.54) is 34.7 Å². The van der Waals surface area contributed by atoms with Gasteiger partial charge in [0, 0.05) is 29.7 Å². The van der Waals surface area contributed by atoms with Crippen LogP contribution in [0.3, 0.4) is 0 Å². The Morgan fingerprint density at radius 2 is 1.79 bits per heavy atom. The van der Waals surface area contributed by atoms with Crippen LogP contribution < -0.4 is 4.74 Å². The maximum Gasteiger partial charge on any atom is 0.513 e. The first-order chi connectivity index (χ1) is 16.0. The first kappa shape index (κ1) is 21.3. The Labute approximate surface area is 190 Å². The Morgan fingerprint density at radius 3 is 2.55 bits per heavy atom. The monoisotopic (exact) mass is 448 g/mol. The van der Waals surface area contributed by atoms with Crippen molar-refractivity contribution in [3.63, 3.8) is 0 Å². The van der Waals surface area contributed by atoms with Gasteiger partial charge in [0.1, 0.15) is 11.6 Å². The zero-order valence-electron chi connectivity index (χ0n) is 18.1. The second-order valence-electron chi connectivity index (χ2n) is 8.50. The summed E-state index contributed by atoms with van der Waals surface area (Å²) in [6, 6.07) is 18.4. The number of benzene rings is 2. The summed E-state index contributed by atoms with van der Waals surface area (Å²) >= 11 is 0. The van der Waals surface area contributed by atoms with Crippen LogP contribution in [0.15, 0.2) is 71.3 Å². The van der Waals surface area contributed by atoms with E-state index in [-0.39, 0.29) is 11.8 Å². The van der Waals surface area contributed by atoms with Crippen LogP contribution in [0.5, 0.6) is 5.95 Å². The van der Waals surface area contributed by atoms with Gasteiger partial charge in [0.15, 0.2) is 0 Å². The Hall–Kier alpha value is -3.58. The van der Waals surface area contributed by atoms with Crippen LogP contribution in [0.4, 0.5) is 9.18 Å². The smallest absolute Gasteiger partial charge is 0.449 e. The van der Waals surface area contributed by atoms with Gasteiger partial charge in [0.25, 0.3) is 5.95 Å². The molecule has 1 N–H and O–H groups in total. The Morgan fingerprint density at radius 1 is 1.03 bits per heavy atom. The molecule has 2 aromatic carbocycles.